The lowest BCUT2D eigenvalue weighted by atomic mass is 10.5. The van der Waals surface area contributed by atoms with Gasteiger partial charge < -0.3 is 10.1 Å². The molecule has 0 aliphatic heterocycles. The van der Waals surface area contributed by atoms with E-state index in [9.17, 15) is 8.42 Å². The number of aliphatic hydroxyl groups excluding tert-OH is 1. The molecule has 0 radical (unpaired) electrons. The maximum absolute atomic E-state index is 11.9. The van der Waals surface area contributed by atoms with E-state index in [-0.39, 0.29) is 17.3 Å². The quantitative estimate of drug-likeness (QED) is 0.717. The first-order chi connectivity index (χ1) is 8.12. The van der Waals surface area contributed by atoms with E-state index >= 15 is 0 Å². The normalized spacial score (nSPS) is 11.4. The van der Waals surface area contributed by atoms with Gasteiger partial charge in [0.05, 0.1) is 6.61 Å². The Bertz CT molecular complexity index is 594. The summed E-state index contributed by atoms with van der Waals surface area (Å²) < 4.78 is 26.0. The molecule has 2 aromatic heterocycles. The predicted octanol–water partition coefficient (Wildman–Crippen LogP) is 0.0978. The van der Waals surface area contributed by atoms with E-state index in [0.29, 0.717) is 5.69 Å². The van der Waals surface area contributed by atoms with Crippen molar-refractivity contribution in [1.29, 1.82) is 0 Å². The van der Waals surface area contributed by atoms with Crippen molar-refractivity contribution in [3.8, 4) is 0 Å². The summed E-state index contributed by atoms with van der Waals surface area (Å²) >= 11 is 0. The van der Waals surface area contributed by atoms with E-state index in [1.807, 2.05) is 0 Å². The van der Waals surface area contributed by atoms with Crippen LogP contribution < -0.4 is 4.72 Å². The minimum absolute atomic E-state index is 0.0344. The fourth-order valence-electron chi connectivity index (χ4n) is 1.22. The number of H-pyrrole nitrogens is 1. The number of hydrogen-bond acceptors (Lipinski definition) is 5. The zero-order valence-electron chi connectivity index (χ0n) is 8.66. The molecule has 17 heavy (non-hydrogen) atoms. The van der Waals surface area contributed by atoms with Crippen LogP contribution in [0.4, 0.5) is 5.82 Å². The zero-order valence-corrected chi connectivity index (χ0v) is 9.48. The number of nitrogens with zero attached hydrogens (tertiary/aromatic N) is 2. The van der Waals surface area contributed by atoms with Gasteiger partial charge in [-0.1, -0.05) is 0 Å². The van der Waals surface area contributed by atoms with Gasteiger partial charge >= 0.3 is 0 Å². The molecule has 2 heterocycles. The van der Waals surface area contributed by atoms with Gasteiger partial charge in [0.25, 0.3) is 10.0 Å². The third kappa shape index (κ3) is 2.60. The molecular weight excluding hydrogens is 244 g/mol. The average molecular weight is 254 g/mol. The van der Waals surface area contributed by atoms with Crippen LogP contribution >= 0.6 is 0 Å². The molecule has 0 aliphatic rings. The molecule has 0 aromatic carbocycles. The topological polar surface area (TPSA) is 108 Å². The van der Waals surface area contributed by atoms with Gasteiger partial charge in [-0.05, 0) is 18.2 Å². The third-order valence-electron chi connectivity index (χ3n) is 2.01. The molecule has 2 aromatic rings. The molecule has 0 unspecified atom stereocenters. The van der Waals surface area contributed by atoms with Gasteiger partial charge in [-0.3, -0.25) is 4.72 Å². The fraction of sp³-hybridized carbons (Fsp3) is 0.111. The monoisotopic (exact) mass is 254 g/mol. The fourth-order valence-corrected chi connectivity index (χ4v) is 2.23. The number of hydrogen-bond donors (Lipinski definition) is 3. The molecular formula is C9H10N4O3S. The van der Waals surface area contributed by atoms with Crippen molar-refractivity contribution in [1.82, 2.24) is 15.2 Å². The molecule has 0 saturated carbocycles. The molecule has 0 fully saturated rings. The number of sulfonamides is 1. The molecule has 90 valence electrons. The second-order valence-electron chi connectivity index (χ2n) is 3.23. The number of rotatable bonds is 4. The number of aliphatic hydroxyl groups is 1. The van der Waals surface area contributed by atoms with Gasteiger partial charge in [0.1, 0.15) is 4.90 Å². The number of aromatic nitrogens is 3. The lowest BCUT2D eigenvalue weighted by Crippen LogP contribution is -2.13. The van der Waals surface area contributed by atoms with E-state index < -0.39 is 10.0 Å². The SMILES string of the molecule is O=S(=O)(Nc1cccnn1)c1c[nH]c(CO)c1. The van der Waals surface area contributed by atoms with Crippen LogP contribution in [0.3, 0.4) is 0 Å². The highest BCUT2D eigenvalue weighted by Gasteiger charge is 2.16. The summed E-state index contributed by atoms with van der Waals surface area (Å²) in [6, 6.07) is 4.41. The Labute approximate surface area is 97.6 Å². The van der Waals surface area contributed by atoms with Crippen molar-refractivity contribution in [2.45, 2.75) is 11.5 Å². The average Bonchev–Trinajstić information content (AvgIpc) is 2.79. The highest BCUT2D eigenvalue weighted by molar-refractivity contribution is 7.92. The van der Waals surface area contributed by atoms with E-state index in [0.717, 1.165) is 0 Å². The Morgan fingerprint density at radius 2 is 2.29 bits per heavy atom. The molecule has 0 spiro atoms. The smallest absolute Gasteiger partial charge is 0.264 e. The number of aromatic amines is 1. The lowest BCUT2D eigenvalue weighted by Gasteiger charge is -2.03. The summed E-state index contributed by atoms with van der Waals surface area (Å²) in [5.41, 5.74) is 0.421. The van der Waals surface area contributed by atoms with Crippen LogP contribution in [-0.2, 0) is 16.6 Å². The summed E-state index contributed by atoms with van der Waals surface area (Å²) in [5.74, 6) is 0.138. The highest BCUT2D eigenvalue weighted by atomic mass is 32.2. The molecule has 3 N–H and O–H groups in total. The van der Waals surface area contributed by atoms with Gasteiger partial charge in [-0.15, -0.1) is 5.10 Å². The molecule has 0 atom stereocenters. The maximum atomic E-state index is 11.9. The van der Waals surface area contributed by atoms with Gasteiger partial charge in [-0.2, -0.15) is 5.10 Å². The Hall–Kier alpha value is -1.93. The Balaban J connectivity index is 2.25. The van der Waals surface area contributed by atoms with Gasteiger partial charge in [0.15, 0.2) is 5.82 Å². The van der Waals surface area contributed by atoms with Crippen molar-refractivity contribution in [2.75, 3.05) is 4.72 Å². The lowest BCUT2D eigenvalue weighted by molar-refractivity contribution is 0.277. The number of nitrogens with one attached hydrogen (secondary N) is 2. The third-order valence-corrected chi connectivity index (χ3v) is 3.34. The summed E-state index contributed by atoms with van der Waals surface area (Å²) in [7, 11) is -3.70. The van der Waals surface area contributed by atoms with Crippen LogP contribution in [0.15, 0.2) is 35.5 Å². The van der Waals surface area contributed by atoms with E-state index in [2.05, 4.69) is 19.9 Å². The Kier molecular flexibility index (Phi) is 3.07. The highest BCUT2D eigenvalue weighted by Crippen LogP contribution is 2.14. The summed E-state index contributed by atoms with van der Waals surface area (Å²) in [4.78, 5) is 2.68. The first-order valence-corrected chi connectivity index (χ1v) is 6.19. The van der Waals surface area contributed by atoms with E-state index in [1.54, 1.807) is 6.07 Å². The molecule has 8 heteroatoms. The molecule has 7 nitrogen and oxygen atoms in total. The minimum atomic E-state index is -3.70. The second-order valence-corrected chi connectivity index (χ2v) is 4.92. The summed E-state index contributed by atoms with van der Waals surface area (Å²) in [6.45, 7) is -0.249. The van der Waals surface area contributed by atoms with Crippen molar-refractivity contribution in [2.24, 2.45) is 0 Å². The molecule has 0 aliphatic carbocycles. The number of anilines is 1. The van der Waals surface area contributed by atoms with Crippen molar-refractivity contribution in [3.05, 3.63) is 36.3 Å². The molecule has 0 saturated heterocycles. The molecule has 0 bridgehead atoms. The predicted molar refractivity (Wildman–Crippen MR) is 59.6 cm³/mol. The van der Waals surface area contributed by atoms with Gasteiger partial charge in [-0.25, -0.2) is 8.42 Å². The van der Waals surface area contributed by atoms with E-state index in [1.165, 1.54) is 24.5 Å². The maximum Gasteiger partial charge on any atom is 0.264 e. The van der Waals surface area contributed by atoms with Crippen molar-refractivity contribution >= 4 is 15.8 Å². The zero-order chi connectivity index (χ0) is 12.3. The summed E-state index contributed by atoms with van der Waals surface area (Å²) in [5, 5.41) is 16.0. The van der Waals surface area contributed by atoms with Gasteiger partial charge in [0.2, 0.25) is 0 Å². The summed E-state index contributed by atoms with van der Waals surface area (Å²) in [6.07, 6.45) is 2.74. The van der Waals surface area contributed by atoms with Crippen LogP contribution in [0.1, 0.15) is 5.69 Å². The van der Waals surface area contributed by atoms with E-state index in [4.69, 9.17) is 5.11 Å². The standard InChI is InChI=1S/C9H10N4O3S/c14-6-7-4-8(5-10-7)17(15,16)13-9-2-1-3-11-12-9/h1-5,10,14H,6H2,(H,12,13). The van der Waals surface area contributed by atoms with Crippen LogP contribution in [0, 0.1) is 0 Å². The second kappa shape index (κ2) is 4.52. The van der Waals surface area contributed by atoms with Crippen LogP contribution in [0.2, 0.25) is 0 Å². The largest absolute Gasteiger partial charge is 0.390 e. The molecule has 2 rings (SSSR count). The van der Waals surface area contributed by atoms with Crippen LogP contribution in [0.25, 0.3) is 0 Å². The first kappa shape index (κ1) is 11.6. The van der Waals surface area contributed by atoms with Crippen molar-refractivity contribution in [3.63, 3.8) is 0 Å². The molecule has 0 amide bonds. The minimum Gasteiger partial charge on any atom is -0.390 e. The Morgan fingerprint density at radius 3 is 2.88 bits per heavy atom. The Morgan fingerprint density at radius 1 is 1.47 bits per heavy atom. The van der Waals surface area contributed by atoms with Crippen LogP contribution in [0.5, 0.6) is 0 Å². The van der Waals surface area contributed by atoms with Gasteiger partial charge in [0, 0.05) is 18.1 Å². The first-order valence-electron chi connectivity index (χ1n) is 4.70. The van der Waals surface area contributed by atoms with Crippen LogP contribution in [-0.4, -0.2) is 28.7 Å². The van der Waals surface area contributed by atoms with Crippen molar-refractivity contribution < 1.29 is 13.5 Å².